The summed E-state index contributed by atoms with van der Waals surface area (Å²) < 4.78 is 2.15. The fourth-order valence-electron chi connectivity index (χ4n) is 3.87. The predicted molar refractivity (Wildman–Crippen MR) is 91.6 cm³/mol. The van der Waals surface area contributed by atoms with Gasteiger partial charge >= 0.3 is 0 Å². The van der Waals surface area contributed by atoms with E-state index in [4.69, 9.17) is 0 Å². The summed E-state index contributed by atoms with van der Waals surface area (Å²) in [6.45, 7) is 0. The highest BCUT2D eigenvalue weighted by Crippen LogP contribution is 2.41. The van der Waals surface area contributed by atoms with Crippen molar-refractivity contribution < 1.29 is 4.79 Å². The molecule has 1 amide bonds. The smallest absolute Gasteiger partial charge is 0.270 e. The van der Waals surface area contributed by atoms with Crippen LogP contribution < -0.4 is 5.43 Å². The molecule has 2 atom stereocenters. The number of aromatic nitrogens is 1. The van der Waals surface area contributed by atoms with E-state index in [9.17, 15) is 4.79 Å². The third-order valence-corrected chi connectivity index (χ3v) is 5.00. The molecule has 1 N–H and O–H groups in total. The standard InChI is InChI=1S/C20H17N3O/c24-20-15-9-4-5-10-17(15)22-12-6-11-18(22)19-13-16(21-23(19)20)14-7-2-1-3-8-14/h1-12,16,19,21H,13H2. The lowest BCUT2D eigenvalue weighted by molar-refractivity contribution is 0.0641. The molecule has 1 fully saturated rings. The van der Waals surface area contributed by atoms with Gasteiger partial charge < -0.3 is 4.57 Å². The number of carbonyl (C=O) groups excluding carboxylic acids is 1. The maximum Gasteiger partial charge on any atom is 0.270 e. The third kappa shape index (κ3) is 1.87. The highest BCUT2D eigenvalue weighted by molar-refractivity contribution is 5.98. The van der Waals surface area contributed by atoms with Gasteiger partial charge in [0.05, 0.1) is 23.3 Å². The third-order valence-electron chi connectivity index (χ3n) is 5.00. The minimum atomic E-state index is 0.0325. The van der Waals surface area contributed by atoms with Crippen LogP contribution in [0.5, 0.6) is 0 Å². The molecule has 3 heterocycles. The average Bonchev–Trinajstić information content (AvgIpc) is 3.27. The number of benzene rings is 2. The number of hydrogen-bond acceptors (Lipinski definition) is 2. The lowest BCUT2D eigenvalue weighted by atomic mass is 10.0. The van der Waals surface area contributed by atoms with Crippen LogP contribution in [0.2, 0.25) is 0 Å². The molecular formula is C20H17N3O. The zero-order valence-corrected chi connectivity index (χ0v) is 13.1. The van der Waals surface area contributed by atoms with Crippen LogP contribution in [0.4, 0.5) is 0 Å². The first-order valence-corrected chi connectivity index (χ1v) is 8.24. The van der Waals surface area contributed by atoms with Crippen LogP contribution in [0.15, 0.2) is 72.9 Å². The normalized spacial score (nSPS) is 21.8. The van der Waals surface area contributed by atoms with Gasteiger partial charge in [-0.15, -0.1) is 0 Å². The van der Waals surface area contributed by atoms with Crippen molar-refractivity contribution in [3.8, 4) is 5.69 Å². The van der Waals surface area contributed by atoms with E-state index in [1.165, 1.54) is 5.56 Å². The Morgan fingerprint density at radius 1 is 0.917 bits per heavy atom. The maximum atomic E-state index is 13.1. The summed E-state index contributed by atoms with van der Waals surface area (Å²) >= 11 is 0. The summed E-state index contributed by atoms with van der Waals surface area (Å²) in [4.78, 5) is 13.1. The number of hydrazine groups is 1. The van der Waals surface area contributed by atoms with Crippen LogP contribution in [0.1, 0.15) is 40.1 Å². The van der Waals surface area contributed by atoms with Crippen LogP contribution in [-0.4, -0.2) is 15.5 Å². The van der Waals surface area contributed by atoms with E-state index >= 15 is 0 Å². The van der Waals surface area contributed by atoms with E-state index in [-0.39, 0.29) is 18.0 Å². The van der Waals surface area contributed by atoms with Crippen molar-refractivity contribution in [2.24, 2.45) is 0 Å². The van der Waals surface area contributed by atoms with E-state index < -0.39 is 0 Å². The fourth-order valence-corrected chi connectivity index (χ4v) is 3.87. The van der Waals surface area contributed by atoms with Gasteiger partial charge in [-0.25, -0.2) is 5.43 Å². The molecule has 2 aliphatic rings. The van der Waals surface area contributed by atoms with Gasteiger partial charge in [0.2, 0.25) is 0 Å². The highest BCUT2D eigenvalue weighted by Gasteiger charge is 2.41. The number of para-hydroxylation sites is 1. The van der Waals surface area contributed by atoms with E-state index in [2.05, 4.69) is 34.3 Å². The molecule has 2 aromatic carbocycles. The molecule has 0 saturated carbocycles. The Bertz CT molecular complexity index is 915. The minimum Gasteiger partial charge on any atom is -0.318 e. The molecule has 1 saturated heterocycles. The summed E-state index contributed by atoms with van der Waals surface area (Å²) in [5, 5.41) is 1.81. The minimum absolute atomic E-state index is 0.0325. The van der Waals surface area contributed by atoms with Crippen LogP contribution >= 0.6 is 0 Å². The highest BCUT2D eigenvalue weighted by atomic mass is 16.2. The summed E-state index contributed by atoms with van der Waals surface area (Å²) in [5.74, 6) is 0.0396. The molecule has 2 aliphatic heterocycles. The Morgan fingerprint density at radius 2 is 1.71 bits per heavy atom. The first kappa shape index (κ1) is 13.6. The van der Waals surface area contributed by atoms with Crippen LogP contribution in [-0.2, 0) is 0 Å². The van der Waals surface area contributed by atoms with Gasteiger partial charge in [0.1, 0.15) is 0 Å². The van der Waals surface area contributed by atoms with Crippen LogP contribution in [0.3, 0.4) is 0 Å². The molecule has 3 aromatic rings. The summed E-state index contributed by atoms with van der Waals surface area (Å²) in [5.41, 5.74) is 7.49. The molecule has 4 nitrogen and oxygen atoms in total. The number of fused-ring (bicyclic) bond motifs is 5. The molecular weight excluding hydrogens is 298 g/mol. The lowest BCUT2D eigenvalue weighted by Gasteiger charge is -2.22. The number of nitrogens with zero attached hydrogens (tertiary/aromatic N) is 2. The largest absolute Gasteiger partial charge is 0.318 e. The topological polar surface area (TPSA) is 37.3 Å². The Kier molecular flexibility index (Phi) is 2.87. The molecule has 0 bridgehead atoms. The number of hydrogen-bond donors (Lipinski definition) is 1. The molecule has 118 valence electrons. The number of nitrogens with one attached hydrogen (secondary N) is 1. The molecule has 1 aromatic heterocycles. The summed E-state index contributed by atoms with van der Waals surface area (Å²) in [7, 11) is 0. The van der Waals surface area contributed by atoms with Gasteiger partial charge in [-0.05, 0) is 36.2 Å². The van der Waals surface area contributed by atoms with Crippen molar-refractivity contribution in [2.45, 2.75) is 18.5 Å². The second-order valence-electron chi connectivity index (χ2n) is 6.34. The molecule has 0 aliphatic carbocycles. The van der Waals surface area contributed by atoms with Gasteiger partial charge in [0.15, 0.2) is 0 Å². The molecule has 4 heteroatoms. The SMILES string of the molecule is O=C1c2ccccc2-n2cccc2C2CC(c3ccccc3)NN12. The number of rotatable bonds is 1. The Balaban J connectivity index is 1.63. The van der Waals surface area contributed by atoms with Gasteiger partial charge in [-0.1, -0.05) is 42.5 Å². The number of amides is 1. The fraction of sp³-hybridized carbons (Fsp3) is 0.150. The van der Waals surface area contributed by atoms with E-state index in [1.54, 1.807) is 0 Å². The van der Waals surface area contributed by atoms with Gasteiger partial charge in [0, 0.05) is 11.9 Å². The van der Waals surface area contributed by atoms with Gasteiger partial charge in [-0.3, -0.25) is 9.80 Å². The van der Waals surface area contributed by atoms with Crippen LogP contribution in [0.25, 0.3) is 5.69 Å². The molecule has 24 heavy (non-hydrogen) atoms. The van der Waals surface area contributed by atoms with Crippen molar-refractivity contribution in [1.29, 1.82) is 0 Å². The van der Waals surface area contributed by atoms with Gasteiger partial charge in [-0.2, -0.15) is 0 Å². The molecule has 0 spiro atoms. The van der Waals surface area contributed by atoms with E-state index in [1.807, 2.05) is 53.7 Å². The molecule has 0 radical (unpaired) electrons. The first-order chi connectivity index (χ1) is 11.8. The summed E-state index contributed by atoms with van der Waals surface area (Å²) in [6, 6.07) is 22.5. The zero-order chi connectivity index (χ0) is 16.1. The number of carbonyl (C=O) groups is 1. The zero-order valence-electron chi connectivity index (χ0n) is 13.1. The van der Waals surface area contributed by atoms with Crippen molar-refractivity contribution in [3.05, 3.63) is 89.7 Å². The molecule has 5 rings (SSSR count). The maximum absolute atomic E-state index is 13.1. The molecule has 2 unspecified atom stereocenters. The van der Waals surface area contributed by atoms with E-state index in [0.29, 0.717) is 0 Å². The quantitative estimate of drug-likeness (QED) is 0.744. The predicted octanol–water partition coefficient (Wildman–Crippen LogP) is 3.62. The second-order valence-corrected chi connectivity index (χ2v) is 6.34. The average molecular weight is 315 g/mol. The monoisotopic (exact) mass is 315 g/mol. The first-order valence-electron chi connectivity index (χ1n) is 8.24. The lowest BCUT2D eigenvalue weighted by Crippen LogP contribution is -2.38. The Morgan fingerprint density at radius 3 is 2.58 bits per heavy atom. The van der Waals surface area contributed by atoms with Crippen molar-refractivity contribution in [2.75, 3.05) is 0 Å². The van der Waals surface area contributed by atoms with Crippen molar-refractivity contribution in [1.82, 2.24) is 15.0 Å². The van der Waals surface area contributed by atoms with Crippen LogP contribution in [0, 0.1) is 0 Å². The Hall–Kier alpha value is -2.85. The van der Waals surface area contributed by atoms with E-state index in [0.717, 1.165) is 23.4 Å². The second kappa shape index (κ2) is 5.08. The van der Waals surface area contributed by atoms with Crippen molar-refractivity contribution in [3.63, 3.8) is 0 Å². The van der Waals surface area contributed by atoms with Crippen molar-refractivity contribution >= 4 is 5.91 Å². The summed E-state index contributed by atoms with van der Waals surface area (Å²) in [6.07, 6.45) is 2.91. The Labute approximate surface area is 140 Å². The van der Waals surface area contributed by atoms with Gasteiger partial charge in [0.25, 0.3) is 5.91 Å².